The van der Waals surface area contributed by atoms with E-state index in [-0.39, 0.29) is 35.2 Å². The maximum Gasteiger partial charge on any atom is 0.328 e. The monoisotopic (exact) mass is 462 g/mol. The molecule has 1 unspecified atom stereocenters. The number of hydrogen-bond acceptors (Lipinski definition) is 5. The Morgan fingerprint density at radius 2 is 1.97 bits per heavy atom. The fourth-order valence-electron chi connectivity index (χ4n) is 3.49. The summed E-state index contributed by atoms with van der Waals surface area (Å²) in [6.07, 6.45) is -0.935. The fraction of sp³-hybridized carbons (Fsp3) is 0.348. The quantitative estimate of drug-likeness (QED) is 0.566. The van der Waals surface area contributed by atoms with E-state index in [0.29, 0.717) is 16.3 Å². The van der Waals surface area contributed by atoms with Crippen molar-refractivity contribution in [3.8, 4) is 5.75 Å². The first kappa shape index (κ1) is 22.4. The number of ether oxygens (including phenoxy) is 1. The van der Waals surface area contributed by atoms with Gasteiger partial charge in [0.05, 0.1) is 25.6 Å². The minimum absolute atomic E-state index is 0.120. The normalized spacial score (nSPS) is 15.5. The number of hydrogen-bond donors (Lipinski definition) is 1. The molecule has 4 rings (SSSR count). The molecule has 2 aromatic carbocycles. The molecule has 1 aromatic heterocycles. The van der Waals surface area contributed by atoms with Gasteiger partial charge < -0.3 is 18.6 Å². The summed E-state index contributed by atoms with van der Waals surface area (Å²) in [5.74, 6) is -1.14. The first-order valence-electron chi connectivity index (χ1n) is 10.1. The summed E-state index contributed by atoms with van der Waals surface area (Å²) >= 11 is -1.93. The van der Waals surface area contributed by atoms with Crippen LogP contribution in [0.4, 0.5) is 14.5 Å². The van der Waals surface area contributed by atoms with Crippen LogP contribution >= 0.6 is 0 Å². The van der Waals surface area contributed by atoms with Crippen LogP contribution in [-0.2, 0) is 16.8 Å². The Kier molecular flexibility index (Phi) is 5.81. The minimum Gasteiger partial charge on any atom is -0.588 e. The second-order valence-electron chi connectivity index (χ2n) is 8.77. The van der Waals surface area contributed by atoms with Crippen molar-refractivity contribution < 1.29 is 27.3 Å². The Balaban J connectivity index is 1.58. The van der Waals surface area contributed by atoms with Gasteiger partial charge in [-0.3, -0.25) is 4.79 Å². The predicted octanol–water partition coefficient (Wildman–Crippen LogP) is 4.49. The summed E-state index contributed by atoms with van der Waals surface area (Å²) < 4.78 is 53.8. The number of carbonyl (C=O) groups is 1. The summed E-state index contributed by atoms with van der Waals surface area (Å²) in [5.41, 5.74) is 1.38. The van der Waals surface area contributed by atoms with Gasteiger partial charge in [0.2, 0.25) is 4.90 Å². The van der Waals surface area contributed by atoms with Gasteiger partial charge in [0.25, 0.3) is 0 Å². The molecule has 2 heterocycles. The van der Waals surface area contributed by atoms with Gasteiger partial charge in [-0.25, -0.2) is 8.78 Å². The Morgan fingerprint density at radius 3 is 2.59 bits per heavy atom. The van der Waals surface area contributed by atoms with Crippen LogP contribution in [0.25, 0.3) is 11.0 Å². The first-order chi connectivity index (χ1) is 15.1. The lowest BCUT2D eigenvalue weighted by atomic mass is 9.87. The third-order valence-electron chi connectivity index (χ3n) is 5.41. The molecule has 170 valence electrons. The Bertz CT molecular complexity index is 1170. The van der Waals surface area contributed by atoms with Crippen molar-refractivity contribution in [1.82, 2.24) is 4.72 Å². The first-order valence-corrected chi connectivity index (χ1v) is 11.2. The molecular formula is C23H24F2N2O4S. The largest absolute Gasteiger partial charge is 0.588 e. The molecule has 3 aromatic rings. The van der Waals surface area contributed by atoms with E-state index in [1.165, 1.54) is 19.2 Å². The highest BCUT2D eigenvalue weighted by Gasteiger charge is 2.29. The zero-order chi connectivity index (χ0) is 23.2. The van der Waals surface area contributed by atoms with Gasteiger partial charge in [0.1, 0.15) is 28.9 Å². The van der Waals surface area contributed by atoms with E-state index in [2.05, 4.69) is 4.72 Å². The molecule has 0 aliphatic carbocycles. The van der Waals surface area contributed by atoms with Crippen LogP contribution in [0.5, 0.6) is 5.75 Å². The predicted molar refractivity (Wildman–Crippen MR) is 119 cm³/mol. The molecule has 6 nitrogen and oxygen atoms in total. The van der Waals surface area contributed by atoms with E-state index >= 15 is 0 Å². The molecule has 1 atom stereocenters. The highest BCUT2D eigenvalue weighted by atomic mass is 32.2. The number of alkyl halides is 1. The lowest BCUT2D eigenvalue weighted by Crippen LogP contribution is -2.48. The molecule has 32 heavy (non-hydrogen) atoms. The average molecular weight is 463 g/mol. The molecule has 1 aliphatic rings. The molecule has 0 radical (unpaired) electrons. The molecule has 1 saturated heterocycles. The molecule has 1 aliphatic heterocycles. The summed E-state index contributed by atoms with van der Waals surface area (Å²) in [6, 6.07) is 9.42. The van der Waals surface area contributed by atoms with E-state index in [9.17, 15) is 18.1 Å². The Morgan fingerprint density at radius 1 is 1.25 bits per heavy atom. The average Bonchev–Trinajstić information content (AvgIpc) is 3.15. The lowest BCUT2D eigenvalue weighted by molar-refractivity contribution is 0.0956. The van der Waals surface area contributed by atoms with Crippen LogP contribution in [0.3, 0.4) is 0 Å². The number of nitrogens with zero attached hydrogens (tertiary/aromatic N) is 1. The van der Waals surface area contributed by atoms with Crippen LogP contribution in [0.15, 0.2) is 45.7 Å². The van der Waals surface area contributed by atoms with E-state index < -0.39 is 29.3 Å². The summed E-state index contributed by atoms with van der Waals surface area (Å²) in [5, 5.41) is 0.120. The van der Waals surface area contributed by atoms with Crippen molar-refractivity contribution in [2.24, 2.45) is 0 Å². The van der Waals surface area contributed by atoms with E-state index in [1.807, 2.05) is 26.8 Å². The van der Waals surface area contributed by atoms with E-state index in [4.69, 9.17) is 9.15 Å². The van der Waals surface area contributed by atoms with Gasteiger partial charge in [-0.1, -0.05) is 26.8 Å². The molecule has 0 spiro atoms. The maximum absolute atomic E-state index is 14.5. The van der Waals surface area contributed by atoms with Gasteiger partial charge in [-0.05, 0) is 23.1 Å². The number of furan rings is 1. The van der Waals surface area contributed by atoms with Crippen molar-refractivity contribution in [2.75, 3.05) is 25.1 Å². The Hall–Kier alpha value is -2.78. The second kappa shape index (κ2) is 8.29. The number of carbonyl (C=O) groups excluding carboxylic acids is 1. The molecule has 1 N–H and O–H groups in total. The van der Waals surface area contributed by atoms with Gasteiger partial charge in [0, 0.05) is 23.9 Å². The highest BCUT2D eigenvalue weighted by molar-refractivity contribution is 7.90. The van der Waals surface area contributed by atoms with Gasteiger partial charge >= 0.3 is 5.91 Å². The SMILES string of the molecule is COc1ccc(C(C)(C)C)cc1[S+]([O-])NC(=O)c1cc2c(F)cc(N3CC(F)C3)cc2o1. The fourth-order valence-corrected chi connectivity index (χ4v) is 4.44. The number of nitrogens with one attached hydrogen (secondary N) is 1. The third kappa shape index (κ3) is 4.27. The highest BCUT2D eigenvalue weighted by Crippen LogP contribution is 2.32. The summed E-state index contributed by atoms with van der Waals surface area (Å²) in [6.45, 7) is 6.43. The van der Waals surface area contributed by atoms with Crippen LogP contribution in [0.2, 0.25) is 0 Å². The number of anilines is 1. The molecule has 1 fully saturated rings. The second-order valence-corrected chi connectivity index (χ2v) is 9.95. The number of benzene rings is 2. The lowest BCUT2D eigenvalue weighted by Gasteiger charge is -2.36. The van der Waals surface area contributed by atoms with E-state index in [0.717, 1.165) is 5.56 Å². The number of methoxy groups -OCH3 is 1. The smallest absolute Gasteiger partial charge is 0.328 e. The minimum atomic E-state index is -1.93. The van der Waals surface area contributed by atoms with Crippen LogP contribution < -0.4 is 14.4 Å². The van der Waals surface area contributed by atoms with E-state index in [1.54, 1.807) is 23.1 Å². The molecule has 1 amide bonds. The summed E-state index contributed by atoms with van der Waals surface area (Å²) in [7, 11) is 1.46. The van der Waals surface area contributed by atoms with Crippen LogP contribution in [-0.4, -0.2) is 36.8 Å². The number of fused-ring (bicyclic) bond motifs is 1. The van der Waals surface area contributed by atoms with Crippen molar-refractivity contribution in [3.63, 3.8) is 0 Å². The number of halogens is 2. The van der Waals surface area contributed by atoms with Crippen molar-refractivity contribution in [1.29, 1.82) is 0 Å². The molecular weight excluding hydrogens is 438 g/mol. The molecule has 0 saturated carbocycles. The maximum atomic E-state index is 14.5. The standard InChI is InChI=1S/C23H24F2N2O4S/c1-23(2,3)13-5-6-18(30-4)21(7-13)32(29)26-22(28)20-10-16-17(25)8-15(9-19(16)31-20)27-11-14(24)12-27/h5-10,14H,11-12H2,1-4H3,(H,26,28). The van der Waals surface area contributed by atoms with Gasteiger partial charge in [0.15, 0.2) is 11.5 Å². The van der Waals surface area contributed by atoms with Gasteiger partial charge in [-0.15, -0.1) is 0 Å². The molecule has 9 heteroatoms. The van der Waals surface area contributed by atoms with Gasteiger partial charge in [-0.2, -0.15) is 4.72 Å². The van der Waals surface area contributed by atoms with Crippen LogP contribution in [0, 0.1) is 5.82 Å². The topological polar surface area (TPSA) is 77.8 Å². The number of rotatable bonds is 5. The Labute approximate surface area is 187 Å². The van der Waals surface area contributed by atoms with Crippen molar-refractivity contribution >= 4 is 33.9 Å². The summed E-state index contributed by atoms with van der Waals surface area (Å²) in [4.78, 5) is 14.7. The number of amides is 1. The molecule has 0 bridgehead atoms. The third-order valence-corrected chi connectivity index (χ3v) is 6.50. The van der Waals surface area contributed by atoms with Crippen molar-refractivity contribution in [3.05, 3.63) is 53.5 Å². The zero-order valence-corrected chi connectivity index (χ0v) is 19.0. The van der Waals surface area contributed by atoms with Crippen LogP contribution in [0.1, 0.15) is 36.9 Å². The van der Waals surface area contributed by atoms with Crippen molar-refractivity contribution in [2.45, 2.75) is 37.3 Å². The zero-order valence-electron chi connectivity index (χ0n) is 18.2.